The molecule has 0 radical (unpaired) electrons. The summed E-state index contributed by atoms with van der Waals surface area (Å²) in [5, 5.41) is 3.44. The minimum Gasteiger partial charge on any atom is -0.312 e. The number of benzene rings is 2. The summed E-state index contributed by atoms with van der Waals surface area (Å²) in [5.74, 6) is 1.05. The van der Waals surface area contributed by atoms with Crippen LogP contribution in [0.25, 0.3) is 0 Å². The molecule has 0 aliphatic rings. The van der Waals surface area contributed by atoms with Crippen molar-refractivity contribution in [2.45, 2.75) is 30.7 Å². The Labute approximate surface area is 126 Å². The lowest BCUT2D eigenvalue weighted by molar-refractivity contribution is 0.660. The number of hydrogen-bond donors (Lipinski definition) is 1. The molecular formula is C18H23NS. The van der Waals surface area contributed by atoms with E-state index in [0.29, 0.717) is 6.04 Å². The van der Waals surface area contributed by atoms with Gasteiger partial charge in [0.05, 0.1) is 0 Å². The summed E-state index contributed by atoms with van der Waals surface area (Å²) in [6, 6.07) is 20.0. The Bertz CT molecular complexity index is 510. The van der Waals surface area contributed by atoms with Crippen molar-refractivity contribution in [3.63, 3.8) is 0 Å². The molecule has 0 aromatic heterocycles. The van der Waals surface area contributed by atoms with Crippen LogP contribution in [0.15, 0.2) is 59.5 Å². The molecule has 0 aliphatic carbocycles. The average molecular weight is 285 g/mol. The van der Waals surface area contributed by atoms with Gasteiger partial charge in [-0.25, -0.2) is 0 Å². The molecule has 106 valence electrons. The summed E-state index contributed by atoms with van der Waals surface area (Å²) in [6.07, 6.45) is 2.36. The standard InChI is InChI=1S/C18H23NS/c1-3-8-15-9-7-10-16(13-15)18(19-2)14-20-17-11-5-4-6-12-17/h4-7,9-13,18-19H,3,8,14H2,1-2H3. The molecule has 2 aromatic rings. The number of nitrogens with one attached hydrogen (secondary N) is 1. The van der Waals surface area contributed by atoms with Crippen molar-refractivity contribution in [3.05, 3.63) is 65.7 Å². The van der Waals surface area contributed by atoms with Crippen LogP contribution in [0.2, 0.25) is 0 Å². The number of thioether (sulfide) groups is 1. The SMILES string of the molecule is CCCc1cccc(C(CSc2ccccc2)NC)c1. The molecule has 0 heterocycles. The van der Waals surface area contributed by atoms with Gasteiger partial charge in [0.2, 0.25) is 0 Å². The van der Waals surface area contributed by atoms with Gasteiger partial charge in [0.15, 0.2) is 0 Å². The maximum Gasteiger partial charge on any atom is 0.0413 e. The fourth-order valence-corrected chi connectivity index (χ4v) is 3.36. The van der Waals surface area contributed by atoms with E-state index in [4.69, 9.17) is 0 Å². The highest BCUT2D eigenvalue weighted by Crippen LogP contribution is 2.25. The van der Waals surface area contributed by atoms with Crippen molar-refractivity contribution < 1.29 is 0 Å². The van der Waals surface area contributed by atoms with Crippen molar-refractivity contribution in [1.29, 1.82) is 0 Å². The van der Waals surface area contributed by atoms with Crippen LogP contribution in [0.1, 0.15) is 30.5 Å². The first kappa shape index (κ1) is 15.1. The molecule has 1 unspecified atom stereocenters. The largest absolute Gasteiger partial charge is 0.312 e. The van der Waals surface area contributed by atoms with Crippen LogP contribution >= 0.6 is 11.8 Å². The monoisotopic (exact) mass is 285 g/mol. The minimum absolute atomic E-state index is 0.400. The van der Waals surface area contributed by atoms with E-state index in [2.05, 4.69) is 66.8 Å². The first-order valence-electron chi connectivity index (χ1n) is 7.27. The molecule has 1 atom stereocenters. The Morgan fingerprint density at radius 2 is 1.85 bits per heavy atom. The van der Waals surface area contributed by atoms with E-state index < -0.39 is 0 Å². The molecule has 0 amide bonds. The molecule has 1 nitrogen and oxygen atoms in total. The summed E-state index contributed by atoms with van der Waals surface area (Å²) in [4.78, 5) is 1.33. The van der Waals surface area contributed by atoms with Crippen LogP contribution in [0.4, 0.5) is 0 Å². The van der Waals surface area contributed by atoms with Crippen molar-refractivity contribution in [1.82, 2.24) is 5.32 Å². The second kappa shape index (κ2) is 8.13. The number of aryl methyl sites for hydroxylation is 1. The zero-order valence-electron chi connectivity index (χ0n) is 12.3. The molecule has 0 spiro atoms. The third kappa shape index (κ3) is 4.39. The molecule has 0 bridgehead atoms. The molecule has 0 saturated carbocycles. The lowest BCUT2D eigenvalue weighted by Gasteiger charge is -2.17. The second-order valence-corrected chi connectivity index (χ2v) is 6.05. The Balaban J connectivity index is 2.02. The molecule has 2 rings (SSSR count). The van der Waals surface area contributed by atoms with E-state index in [9.17, 15) is 0 Å². The van der Waals surface area contributed by atoms with E-state index in [0.717, 1.165) is 12.2 Å². The number of hydrogen-bond acceptors (Lipinski definition) is 2. The Hall–Kier alpha value is -1.25. The number of rotatable bonds is 7. The van der Waals surface area contributed by atoms with Gasteiger partial charge >= 0.3 is 0 Å². The Kier molecular flexibility index (Phi) is 6.16. The van der Waals surface area contributed by atoms with Crippen LogP contribution in [-0.2, 0) is 6.42 Å². The predicted molar refractivity (Wildman–Crippen MR) is 89.4 cm³/mol. The quantitative estimate of drug-likeness (QED) is 0.741. The van der Waals surface area contributed by atoms with Gasteiger partial charge in [0.25, 0.3) is 0 Å². The lowest BCUT2D eigenvalue weighted by Crippen LogP contribution is -2.18. The zero-order chi connectivity index (χ0) is 14.2. The fraction of sp³-hybridized carbons (Fsp3) is 0.333. The van der Waals surface area contributed by atoms with Crippen molar-refractivity contribution in [3.8, 4) is 0 Å². The third-order valence-electron chi connectivity index (χ3n) is 3.40. The highest BCUT2D eigenvalue weighted by atomic mass is 32.2. The van der Waals surface area contributed by atoms with E-state index in [-0.39, 0.29) is 0 Å². The van der Waals surface area contributed by atoms with E-state index in [1.54, 1.807) is 0 Å². The minimum atomic E-state index is 0.400. The van der Waals surface area contributed by atoms with Crippen LogP contribution in [-0.4, -0.2) is 12.8 Å². The molecule has 20 heavy (non-hydrogen) atoms. The van der Waals surface area contributed by atoms with Gasteiger partial charge in [0.1, 0.15) is 0 Å². The van der Waals surface area contributed by atoms with Crippen LogP contribution in [0, 0.1) is 0 Å². The Morgan fingerprint density at radius 3 is 2.55 bits per heavy atom. The summed E-state index contributed by atoms with van der Waals surface area (Å²) in [5.41, 5.74) is 2.83. The first-order valence-corrected chi connectivity index (χ1v) is 8.26. The Morgan fingerprint density at radius 1 is 1.05 bits per heavy atom. The van der Waals surface area contributed by atoms with Gasteiger partial charge in [-0.2, -0.15) is 0 Å². The molecule has 2 aromatic carbocycles. The molecule has 0 fully saturated rings. The van der Waals surface area contributed by atoms with Crippen LogP contribution in [0.5, 0.6) is 0 Å². The lowest BCUT2D eigenvalue weighted by atomic mass is 10.0. The summed E-state index contributed by atoms with van der Waals surface area (Å²) in [6.45, 7) is 2.23. The summed E-state index contributed by atoms with van der Waals surface area (Å²) < 4.78 is 0. The van der Waals surface area contributed by atoms with E-state index in [1.165, 1.54) is 22.4 Å². The summed E-state index contributed by atoms with van der Waals surface area (Å²) >= 11 is 1.90. The zero-order valence-corrected chi connectivity index (χ0v) is 13.1. The average Bonchev–Trinajstić information content (AvgIpc) is 2.50. The normalized spacial score (nSPS) is 12.3. The maximum absolute atomic E-state index is 3.44. The summed E-state index contributed by atoms with van der Waals surface area (Å²) in [7, 11) is 2.04. The van der Waals surface area contributed by atoms with Gasteiger partial charge in [-0.3, -0.25) is 0 Å². The molecule has 1 N–H and O–H groups in total. The molecule has 2 heteroatoms. The van der Waals surface area contributed by atoms with Gasteiger partial charge in [-0.05, 0) is 36.7 Å². The molecule has 0 saturated heterocycles. The maximum atomic E-state index is 3.44. The van der Waals surface area contributed by atoms with Crippen molar-refractivity contribution in [2.75, 3.05) is 12.8 Å². The van der Waals surface area contributed by atoms with E-state index >= 15 is 0 Å². The highest BCUT2D eigenvalue weighted by molar-refractivity contribution is 7.99. The first-order chi connectivity index (χ1) is 9.83. The third-order valence-corrected chi connectivity index (χ3v) is 4.51. The van der Waals surface area contributed by atoms with Crippen molar-refractivity contribution >= 4 is 11.8 Å². The van der Waals surface area contributed by atoms with Gasteiger partial charge in [-0.1, -0.05) is 55.8 Å². The van der Waals surface area contributed by atoms with Gasteiger partial charge < -0.3 is 5.32 Å². The highest BCUT2D eigenvalue weighted by Gasteiger charge is 2.10. The topological polar surface area (TPSA) is 12.0 Å². The molecule has 0 aliphatic heterocycles. The fourth-order valence-electron chi connectivity index (χ4n) is 2.30. The predicted octanol–water partition coefficient (Wildman–Crippen LogP) is 4.69. The van der Waals surface area contributed by atoms with Gasteiger partial charge in [0, 0.05) is 16.7 Å². The van der Waals surface area contributed by atoms with E-state index in [1.807, 2.05) is 18.8 Å². The van der Waals surface area contributed by atoms with Gasteiger partial charge in [-0.15, -0.1) is 11.8 Å². The molecular weight excluding hydrogens is 262 g/mol. The van der Waals surface area contributed by atoms with Crippen molar-refractivity contribution in [2.24, 2.45) is 0 Å². The smallest absolute Gasteiger partial charge is 0.0413 e. The van der Waals surface area contributed by atoms with Crippen LogP contribution in [0.3, 0.4) is 0 Å². The van der Waals surface area contributed by atoms with Crippen LogP contribution < -0.4 is 5.32 Å². The second-order valence-electron chi connectivity index (χ2n) is 4.96.